The summed E-state index contributed by atoms with van der Waals surface area (Å²) in [5.74, 6) is -1.34. The maximum atomic E-state index is 11.2. The van der Waals surface area contributed by atoms with Gasteiger partial charge in [-0.1, -0.05) is 25.5 Å². The Labute approximate surface area is 139 Å². The molecule has 0 fully saturated rings. The highest BCUT2D eigenvalue weighted by atomic mass is 31.2. The minimum absolute atomic E-state index is 0.0793. The minimum Gasteiger partial charge on any atom is -0.508 e. The molecule has 130 valence electrons. The Morgan fingerprint density at radius 3 is 2.21 bits per heavy atom. The molecule has 0 spiro atoms. The van der Waals surface area contributed by atoms with E-state index in [0.717, 1.165) is 24.1 Å². The van der Waals surface area contributed by atoms with Crippen molar-refractivity contribution >= 4 is 7.82 Å². The number of phosphoric acid groups is 1. The monoisotopic (exact) mass is 354 g/mol. The zero-order valence-corrected chi connectivity index (χ0v) is 13.8. The largest absolute Gasteiger partial charge is 0.524 e. The van der Waals surface area contributed by atoms with Crippen molar-refractivity contribution in [3.05, 3.63) is 47.5 Å². The molecular formula is C16H19O7P. The predicted octanol–water partition coefficient (Wildman–Crippen LogP) is 3.21. The molecule has 2 rings (SSSR count). The molecule has 0 aromatic heterocycles. The fourth-order valence-electron chi connectivity index (χ4n) is 2.62. The topological polar surface area (TPSA) is 127 Å². The molecule has 1 unspecified atom stereocenters. The SMILES string of the molecule is CCCC(c1ccc(O)cc1)c1c(O)cc(O)cc1OP(=O)(O)O. The van der Waals surface area contributed by atoms with Gasteiger partial charge in [-0.05, 0) is 24.1 Å². The Kier molecular flexibility index (Phi) is 5.39. The highest BCUT2D eigenvalue weighted by Crippen LogP contribution is 2.48. The summed E-state index contributed by atoms with van der Waals surface area (Å²) < 4.78 is 15.9. The first-order valence-electron chi connectivity index (χ1n) is 7.31. The second kappa shape index (κ2) is 7.13. The molecule has 2 aromatic rings. The summed E-state index contributed by atoms with van der Waals surface area (Å²) in [5.41, 5.74) is 0.898. The van der Waals surface area contributed by atoms with E-state index >= 15 is 0 Å². The van der Waals surface area contributed by atoms with Crippen molar-refractivity contribution in [1.82, 2.24) is 0 Å². The molecule has 24 heavy (non-hydrogen) atoms. The smallest absolute Gasteiger partial charge is 0.508 e. The Morgan fingerprint density at radius 1 is 1.04 bits per heavy atom. The van der Waals surface area contributed by atoms with Crippen LogP contribution in [0.3, 0.4) is 0 Å². The second-order valence-electron chi connectivity index (χ2n) is 5.39. The molecule has 1 atom stereocenters. The lowest BCUT2D eigenvalue weighted by Gasteiger charge is -2.22. The average Bonchev–Trinajstić information content (AvgIpc) is 2.44. The van der Waals surface area contributed by atoms with Gasteiger partial charge in [-0.25, -0.2) is 4.57 Å². The average molecular weight is 354 g/mol. The van der Waals surface area contributed by atoms with Crippen LogP contribution in [-0.4, -0.2) is 25.1 Å². The first kappa shape index (κ1) is 18.1. The minimum atomic E-state index is -4.87. The van der Waals surface area contributed by atoms with E-state index in [4.69, 9.17) is 9.79 Å². The number of benzene rings is 2. The van der Waals surface area contributed by atoms with Crippen LogP contribution in [0, 0.1) is 0 Å². The van der Waals surface area contributed by atoms with E-state index in [-0.39, 0.29) is 28.6 Å². The molecule has 0 saturated heterocycles. The van der Waals surface area contributed by atoms with Gasteiger partial charge in [-0.3, -0.25) is 9.79 Å². The van der Waals surface area contributed by atoms with Crippen LogP contribution in [-0.2, 0) is 4.57 Å². The van der Waals surface area contributed by atoms with Gasteiger partial charge in [0.25, 0.3) is 0 Å². The third kappa shape index (κ3) is 4.41. The first-order chi connectivity index (χ1) is 11.2. The summed E-state index contributed by atoms with van der Waals surface area (Å²) >= 11 is 0. The lowest BCUT2D eigenvalue weighted by atomic mass is 9.86. The van der Waals surface area contributed by atoms with Crippen LogP contribution in [0.5, 0.6) is 23.0 Å². The number of rotatable bonds is 6. The molecule has 5 N–H and O–H groups in total. The molecule has 0 radical (unpaired) electrons. The van der Waals surface area contributed by atoms with Gasteiger partial charge < -0.3 is 19.8 Å². The van der Waals surface area contributed by atoms with Gasteiger partial charge in [0, 0.05) is 23.6 Å². The standard InChI is InChI=1S/C16H19O7P/c1-2-3-13(10-4-6-11(17)7-5-10)16-14(19)8-12(18)9-15(16)23-24(20,21)22/h4-9,13,17-19H,2-3H2,1H3,(H2,20,21,22). The lowest BCUT2D eigenvalue weighted by Crippen LogP contribution is -2.05. The normalized spacial score (nSPS) is 12.8. The van der Waals surface area contributed by atoms with E-state index in [2.05, 4.69) is 4.52 Å². The summed E-state index contributed by atoms with van der Waals surface area (Å²) in [6.45, 7) is 1.92. The van der Waals surface area contributed by atoms with Crippen molar-refractivity contribution in [2.24, 2.45) is 0 Å². The van der Waals surface area contributed by atoms with E-state index in [1.165, 1.54) is 12.1 Å². The van der Waals surface area contributed by atoms with E-state index in [1.54, 1.807) is 12.1 Å². The van der Waals surface area contributed by atoms with Gasteiger partial charge >= 0.3 is 7.82 Å². The fraction of sp³-hybridized carbons (Fsp3) is 0.250. The first-order valence-corrected chi connectivity index (χ1v) is 8.84. The van der Waals surface area contributed by atoms with Crippen LogP contribution >= 0.6 is 7.82 Å². The van der Waals surface area contributed by atoms with Gasteiger partial charge in [0.15, 0.2) is 0 Å². The third-order valence-corrected chi connectivity index (χ3v) is 3.98. The van der Waals surface area contributed by atoms with Gasteiger partial charge in [0.2, 0.25) is 0 Å². The summed E-state index contributed by atoms with van der Waals surface area (Å²) in [7, 11) is -4.87. The van der Waals surface area contributed by atoms with Crippen LogP contribution in [0.15, 0.2) is 36.4 Å². The lowest BCUT2D eigenvalue weighted by molar-refractivity contribution is 0.280. The maximum Gasteiger partial charge on any atom is 0.524 e. The highest BCUT2D eigenvalue weighted by molar-refractivity contribution is 7.46. The molecule has 0 aliphatic rings. The Morgan fingerprint density at radius 2 is 1.67 bits per heavy atom. The van der Waals surface area contributed by atoms with Crippen LogP contribution in [0.1, 0.15) is 36.8 Å². The molecule has 0 aliphatic heterocycles. The number of hydrogen-bond donors (Lipinski definition) is 5. The third-order valence-electron chi connectivity index (χ3n) is 3.54. The molecular weight excluding hydrogens is 335 g/mol. The van der Waals surface area contributed by atoms with Crippen molar-refractivity contribution in [2.45, 2.75) is 25.7 Å². The van der Waals surface area contributed by atoms with Crippen LogP contribution in [0.2, 0.25) is 0 Å². The number of hydrogen-bond acceptors (Lipinski definition) is 5. The number of phenols is 3. The van der Waals surface area contributed by atoms with Crippen molar-refractivity contribution in [3.63, 3.8) is 0 Å². The van der Waals surface area contributed by atoms with Crippen LogP contribution < -0.4 is 4.52 Å². The second-order valence-corrected chi connectivity index (χ2v) is 6.56. The maximum absolute atomic E-state index is 11.2. The summed E-state index contributed by atoms with van der Waals surface area (Å²) in [5, 5.41) is 29.3. The Balaban J connectivity index is 2.60. The molecule has 0 aliphatic carbocycles. The molecule has 0 amide bonds. The van der Waals surface area contributed by atoms with E-state index in [0.29, 0.717) is 6.42 Å². The Hall–Kier alpha value is -2.21. The van der Waals surface area contributed by atoms with Gasteiger partial charge in [-0.15, -0.1) is 0 Å². The van der Waals surface area contributed by atoms with Gasteiger partial charge in [-0.2, -0.15) is 0 Å². The quantitative estimate of drug-likeness (QED) is 0.504. The summed E-state index contributed by atoms with van der Waals surface area (Å²) in [6.07, 6.45) is 1.28. The van der Waals surface area contributed by atoms with Crippen LogP contribution in [0.4, 0.5) is 0 Å². The zero-order valence-electron chi connectivity index (χ0n) is 13.0. The fourth-order valence-corrected chi connectivity index (χ4v) is 3.03. The van der Waals surface area contributed by atoms with Gasteiger partial charge in [0.1, 0.15) is 23.0 Å². The summed E-state index contributed by atoms with van der Waals surface area (Å²) in [6, 6.07) is 8.42. The Bertz CT molecular complexity index is 752. The van der Waals surface area contributed by atoms with E-state index in [9.17, 15) is 19.9 Å². The van der Waals surface area contributed by atoms with Crippen molar-refractivity contribution in [1.29, 1.82) is 0 Å². The molecule has 7 nitrogen and oxygen atoms in total. The number of phosphoric ester groups is 1. The van der Waals surface area contributed by atoms with Crippen molar-refractivity contribution < 1.29 is 34.2 Å². The van der Waals surface area contributed by atoms with E-state index in [1.807, 2.05) is 6.92 Å². The molecule has 0 saturated carbocycles. The van der Waals surface area contributed by atoms with E-state index < -0.39 is 13.7 Å². The number of aromatic hydroxyl groups is 3. The van der Waals surface area contributed by atoms with Crippen molar-refractivity contribution in [2.75, 3.05) is 0 Å². The molecule has 0 heterocycles. The molecule has 2 aromatic carbocycles. The number of phenolic OH excluding ortho intramolecular Hbond substituents is 3. The predicted molar refractivity (Wildman–Crippen MR) is 87.3 cm³/mol. The molecule has 8 heteroatoms. The highest BCUT2D eigenvalue weighted by Gasteiger charge is 2.27. The van der Waals surface area contributed by atoms with Crippen molar-refractivity contribution in [3.8, 4) is 23.0 Å². The van der Waals surface area contributed by atoms with Crippen LogP contribution in [0.25, 0.3) is 0 Å². The van der Waals surface area contributed by atoms with Gasteiger partial charge in [0.05, 0.1) is 0 Å². The zero-order chi connectivity index (χ0) is 17.9. The summed E-state index contributed by atoms with van der Waals surface area (Å²) in [4.78, 5) is 18.2. The molecule has 0 bridgehead atoms.